The molecular weight excluding hydrogens is 318 g/mol. The average Bonchev–Trinajstić information content (AvgIpc) is 2.85. The van der Waals surface area contributed by atoms with E-state index in [-0.39, 0.29) is 5.41 Å². The first-order chi connectivity index (χ1) is 12.5. The topological polar surface area (TPSA) is 39.4 Å². The zero-order chi connectivity index (χ0) is 18.6. The number of rotatable bonds is 4. The van der Waals surface area contributed by atoms with E-state index in [1.807, 2.05) is 12.2 Å². The van der Waals surface area contributed by atoms with Gasteiger partial charge in [-0.05, 0) is 41.9 Å². The van der Waals surface area contributed by atoms with Crippen LogP contribution >= 0.6 is 0 Å². The lowest BCUT2D eigenvalue weighted by atomic mass is 9.83. The van der Waals surface area contributed by atoms with Crippen LogP contribution in [0.2, 0.25) is 0 Å². The van der Waals surface area contributed by atoms with Crippen LogP contribution in [0.5, 0.6) is 0 Å². The highest BCUT2D eigenvalue weighted by Gasteiger charge is 2.37. The fraction of sp³-hybridized carbons (Fsp3) is 0.304. The fourth-order valence-electron chi connectivity index (χ4n) is 3.53. The number of allylic oxidation sites excluding steroid dienone is 8. The zero-order valence-electron chi connectivity index (χ0n) is 15.7. The number of likely N-dealkylation sites (N-methyl/N-ethyl adjacent to an activating group) is 1. The van der Waals surface area contributed by atoms with E-state index in [9.17, 15) is 0 Å². The lowest BCUT2D eigenvalue weighted by Gasteiger charge is -2.23. The molecule has 132 valence electrons. The van der Waals surface area contributed by atoms with Gasteiger partial charge in [0.15, 0.2) is 0 Å². The molecule has 0 unspecified atom stereocenters. The third-order valence-corrected chi connectivity index (χ3v) is 5.01. The Morgan fingerprint density at radius 3 is 2.54 bits per heavy atom. The van der Waals surface area contributed by atoms with E-state index in [0.29, 0.717) is 13.0 Å². The van der Waals surface area contributed by atoms with Crippen LogP contribution in [0.25, 0.3) is 0 Å². The highest BCUT2D eigenvalue weighted by Crippen LogP contribution is 2.46. The summed E-state index contributed by atoms with van der Waals surface area (Å²) in [4.78, 5) is 6.78. The van der Waals surface area contributed by atoms with Crippen LogP contribution in [-0.2, 0) is 5.41 Å². The van der Waals surface area contributed by atoms with Gasteiger partial charge in [0.1, 0.15) is 0 Å². The minimum Gasteiger partial charge on any atom is -0.347 e. The minimum absolute atomic E-state index is 0.00212. The number of fused-ring (bicyclic) bond motifs is 1. The molecule has 0 spiro atoms. The third kappa shape index (κ3) is 3.55. The Kier molecular flexibility index (Phi) is 5.23. The number of hydrogen-bond donors (Lipinski definition) is 0. The fourth-order valence-corrected chi connectivity index (χ4v) is 3.53. The first-order valence-corrected chi connectivity index (χ1v) is 9.07. The van der Waals surface area contributed by atoms with Gasteiger partial charge in [0.2, 0.25) is 0 Å². The molecule has 0 saturated heterocycles. The van der Waals surface area contributed by atoms with Gasteiger partial charge in [-0.2, -0.15) is 5.26 Å². The monoisotopic (exact) mass is 343 g/mol. The normalized spacial score (nSPS) is 18.8. The van der Waals surface area contributed by atoms with Gasteiger partial charge in [-0.1, -0.05) is 50.3 Å². The Morgan fingerprint density at radius 1 is 1.12 bits per heavy atom. The van der Waals surface area contributed by atoms with Gasteiger partial charge in [-0.15, -0.1) is 0 Å². The molecule has 3 nitrogen and oxygen atoms in total. The van der Waals surface area contributed by atoms with Crippen molar-refractivity contribution in [3.05, 3.63) is 77.6 Å². The van der Waals surface area contributed by atoms with Crippen LogP contribution in [0.4, 0.5) is 5.69 Å². The first-order valence-electron chi connectivity index (χ1n) is 9.07. The predicted octanol–water partition coefficient (Wildman–Crippen LogP) is 5.10. The second-order valence-electron chi connectivity index (χ2n) is 7.15. The van der Waals surface area contributed by atoms with Crippen LogP contribution in [0.15, 0.2) is 77.0 Å². The van der Waals surface area contributed by atoms with Crippen LogP contribution in [0, 0.1) is 11.3 Å². The molecule has 1 aromatic rings. The second kappa shape index (κ2) is 7.58. The Labute approximate surface area is 156 Å². The molecule has 1 aromatic carbocycles. The molecule has 3 rings (SSSR count). The average molecular weight is 343 g/mol. The lowest BCUT2D eigenvalue weighted by Crippen LogP contribution is -2.22. The van der Waals surface area contributed by atoms with E-state index in [1.165, 1.54) is 16.9 Å². The first kappa shape index (κ1) is 17.9. The van der Waals surface area contributed by atoms with Crippen molar-refractivity contribution in [3.8, 4) is 6.07 Å². The minimum atomic E-state index is -0.00212. The zero-order valence-corrected chi connectivity index (χ0v) is 15.7. The number of aliphatic imine (C=N–C) groups is 1. The molecule has 26 heavy (non-hydrogen) atoms. The van der Waals surface area contributed by atoms with E-state index in [2.05, 4.69) is 85.4 Å². The van der Waals surface area contributed by atoms with Gasteiger partial charge in [-0.3, -0.25) is 4.99 Å². The van der Waals surface area contributed by atoms with Crippen molar-refractivity contribution in [2.45, 2.75) is 32.1 Å². The molecule has 1 aliphatic heterocycles. The number of benzene rings is 1. The number of unbranched alkanes of at least 4 members (excludes halogenated alkanes) is 1. The number of para-hydroxylation sites is 1. The summed E-state index contributed by atoms with van der Waals surface area (Å²) in [5, 5.41) is 8.56. The van der Waals surface area contributed by atoms with Crippen molar-refractivity contribution in [2.75, 3.05) is 18.5 Å². The summed E-state index contributed by atoms with van der Waals surface area (Å²) in [7, 11) is 2.14. The van der Waals surface area contributed by atoms with E-state index in [1.54, 1.807) is 0 Å². The number of nitrogens with zero attached hydrogens (tertiary/aromatic N) is 3. The van der Waals surface area contributed by atoms with E-state index in [0.717, 1.165) is 17.7 Å². The van der Waals surface area contributed by atoms with Crippen molar-refractivity contribution >= 4 is 11.4 Å². The van der Waals surface area contributed by atoms with Gasteiger partial charge >= 0.3 is 0 Å². The Balaban J connectivity index is 1.75. The molecule has 0 fully saturated rings. The third-order valence-electron chi connectivity index (χ3n) is 5.01. The van der Waals surface area contributed by atoms with Crippen LogP contribution in [0.3, 0.4) is 0 Å². The molecule has 0 aromatic heterocycles. The summed E-state index contributed by atoms with van der Waals surface area (Å²) in [6, 6.07) is 10.8. The highest BCUT2D eigenvalue weighted by atomic mass is 15.2. The maximum atomic E-state index is 8.56. The smallest absolute Gasteiger partial charge is 0.0622 e. The van der Waals surface area contributed by atoms with Crippen molar-refractivity contribution in [1.82, 2.24) is 0 Å². The Hall–Kier alpha value is -2.86. The highest BCUT2D eigenvalue weighted by molar-refractivity contribution is 6.05. The van der Waals surface area contributed by atoms with E-state index in [4.69, 9.17) is 5.26 Å². The quantitative estimate of drug-likeness (QED) is 0.714. The summed E-state index contributed by atoms with van der Waals surface area (Å²) in [6.45, 7) is 5.26. The molecule has 2 aliphatic rings. The number of nitriles is 1. The van der Waals surface area contributed by atoms with Gasteiger partial charge in [0.25, 0.3) is 0 Å². The van der Waals surface area contributed by atoms with Gasteiger partial charge < -0.3 is 4.90 Å². The van der Waals surface area contributed by atoms with Crippen LogP contribution in [0.1, 0.15) is 32.3 Å². The largest absolute Gasteiger partial charge is 0.347 e. The van der Waals surface area contributed by atoms with Crippen LogP contribution in [-0.4, -0.2) is 19.3 Å². The van der Waals surface area contributed by atoms with Crippen LogP contribution < -0.4 is 4.90 Å². The molecular formula is C23H25N3. The van der Waals surface area contributed by atoms with E-state index >= 15 is 0 Å². The van der Waals surface area contributed by atoms with E-state index < -0.39 is 0 Å². The van der Waals surface area contributed by atoms with Gasteiger partial charge in [0, 0.05) is 36.8 Å². The molecule has 1 aliphatic carbocycles. The Bertz CT molecular complexity index is 855. The molecule has 3 heteroatoms. The summed E-state index contributed by atoms with van der Waals surface area (Å²) in [5.41, 5.74) is 6.08. The molecule has 0 atom stereocenters. The summed E-state index contributed by atoms with van der Waals surface area (Å²) < 4.78 is 0. The van der Waals surface area contributed by atoms with Crippen molar-refractivity contribution in [2.24, 2.45) is 4.99 Å². The molecule has 0 N–H and O–H groups in total. The number of anilines is 1. The molecule has 0 radical (unpaired) electrons. The lowest BCUT2D eigenvalue weighted by molar-refractivity contribution is 0.640. The maximum Gasteiger partial charge on any atom is 0.0622 e. The van der Waals surface area contributed by atoms with Gasteiger partial charge in [0.05, 0.1) is 11.8 Å². The predicted molar refractivity (Wildman–Crippen MR) is 109 cm³/mol. The molecule has 0 amide bonds. The van der Waals surface area contributed by atoms with Crippen molar-refractivity contribution in [3.63, 3.8) is 0 Å². The molecule has 0 saturated carbocycles. The van der Waals surface area contributed by atoms with Crippen molar-refractivity contribution < 1.29 is 0 Å². The Morgan fingerprint density at radius 2 is 1.85 bits per heavy atom. The number of hydrogen-bond acceptors (Lipinski definition) is 3. The van der Waals surface area contributed by atoms with Crippen molar-refractivity contribution in [1.29, 1.82) is 5.26 Å². The summed E-state index contributed by atoms with van der Waals surface area (Å²) >= 11 is 0. The standard InChI is InChI=1S/C23H25N3/c1-23(2)20-8-4-5-9-21(20)26(3)22(23)15-12-18-10-13-19(14-11-18)25-17-7-6-16-24/h4-5,8-15H,6-7,17H2,1-3H3. The van der Waals surface area contributed by atoms with Gasteiger partial charge in [-0.25, -0.2) is 0 Å². The second-order valence-corrected chi connectivity index (χ2v) is 7.15. The summed E-state index contributed by atoms with van der Waals surface area (Å²) in [6.07, 6.45) is 14.0. The molecule has 0 bridgehead atoms. The summed E-state index contributed by atoms with van der Waals surface area (Å²) in [5.74, 6) is 0. The SMILES string of the molecule is CN1C(=CC=C2C=CC(=NCCCC#N)C=C2)C(C)(C)c2ccccc21. The maximum absolute atomic E-state index is 8.56. The molecule has 1 heterocycles.